The number of nitrogens with two attached hydrogens (primary N) is 1. The minimum Gasteiger partial charge on any atom is -0.356 e. The number of nitrogens with zero attached hydrogens (tertiary/aromatic N) is 1. The molecule has 110 valence electrons. The Kier molecular flexibility index (Phi) is 7.48. The monoisotopic (exact) mass is 269 g/mol. The maximum absolute atomic E-state index is 12.0. The van der Waals surface area contributed by atoms with Gasteiger partial charge in [0.1, 0.15) is 0 Å². The number of carbonyl (C=O) groups excluding carboxylic acids is 2. The highest BCUT2D eigenvalue weighted by Crippen LogP contribution is 2.17. The van der Waals surface area contributed by atoms with Crippen molar-refractivity contribution < 1.29 is 9.59 Å². The summed E-state index contributed by atoms with van der Waals surface area (Å²) in [7, 11) is 0. The first-order valence-electron chi connectivity index (χ1n) is 7.44. The predicted octanol–water partition coefficient (Wildman–Crippen LogP) is 0.880. The number of rotatable bonds is 7. The summed E-state index contributed by atoms with van der Waals surface area (Å²) in [5.41, 5.74) is 5.41. The molecular formula is C14H27N3O2. The van der Waals surface area contributed by atoms with Gasteiger partial charge in [0.2, 0.25) is 11.8 Å². The van der Waals surface area contributed by atoms with Crippen LogP contribution in [-0.4, -0.2) is 42.9 Å². The normalized spacial score (nSPS) is 19.3. The second kappa shape index (κ2) is 8.91. The van der Waals surface area contributed by atoms with E-state index >= 15 is 0 Å². The van der Waals surface area contributed by atoms with Crippen molar-refractivity contribution in [2.75, 3.05) is 26.2 Å². The number of hydrogen-bond acceptors (Lipinski definition) is 3. The van der Waals surface area contributed by atoms with Gasteiger partial charge >= 0.3 is 0 Å². The van der Waals surface area contributed by atoms with E-state index in [1.54, 1.807) is 0 Å². The van der Waals surface area contributed by atoms with Crippen molar-refractivity contribution >= 4 is 11.8 Å². The Balaban J connectivity index is 2.32. The van der Waals surface area contributed by atoms with Crippen LogP contribution >= 0.6 is 0 Å². The van der Waals surface area contributed by atoms with Gasteiger partial charge in [-0.2, -0.15) is 0 Å². The van der Waals surface area contributed by atoms with E-state index in [4.69, 9.17) is 5.73 Å². The average Bonchev–Trinajstić information content (AvgIpc) is 2.44. The van der Waals surface area contributed by atoms with Crippen LogP contribution in [0.5, 0.6) is 0 Å². The highest BCUT2D eigenvalue weighted by Gasteiger charge is 2.27. The first kappa shape index (κ1) is 16.0. The molecule has 0 aromatic carbocycles. The lowest BCUT2D eigenvalue weighted by Gasteiger charge is -2.32. The molecule has 19 heavy (non-hydrogen) atoms. The first-order valence-corrected chi connectivity index (χ1v) is 7.44. The molecule has 5 nitrogen and oxygen atoms in total. The van der Waals surface area contributed by atoms with Crippen LogP contribution in [0.15, 0.2) is 0 Å². The van der Waals surface area contributed by atoms with Crippen molar-refractivity contribution in [3.63, 3.8) is 0 Å². The molecule has 0 aliphatic carbocycles. The molecule has 0 aromatic heterocycles. The molecule has 5 heteroatoms. The number of unbranched alkanes of at least 4 members (excludes halogenated alkanes) is 1. The van der Waals surface area contributed by atoms with Crippen LogP contribution in [0.25, 0.3) is 0 Å². The van der Waals surface area contributed by atoms with Gasteiger partial charge in [0.15, 0.2) is 0 Å². The van der Waals surface area contributed by atoms with Gasteiger partial charge in [-0.3, -0.25) is 9.59 Å². The number of hydrogen-bond donors (Lipinski definition) is 2. The Morgan fingerprint density at radius 1 is 1.37 bits per heavy atom. The van der Waals surface area contributed by atoms with E-state index in [2.05, 4.69) is 5.32 Å². The molecule has 1 fully saturated rings. The summed E-state index contributed by atoms with van der Waals surface area (Å²) in [6.45, 7) is 4.74. The minimum absolute atomic E-state index is 0.0348. The van der Waals surface area contributed by atoms with Crippen molar-refractivity contribution in [1.82, 2.24) is 10.2 Å². The molecule has 0 saturated carbocycles. The van der Waals surface area contributed by atoms with Crippen molar-refractivity contribution in [3.8, 4) is 0 Å². The zero-order valence-corrected chi connectivity index (χ0v) is 12.0. The maximum atomic E-state index is 12.0. The molecule has 1 aliphatic rings. The smallest absolute Gasteiger partial charge is 0.224 e. The third kappa shape index (κ3) is 5.59. The van der Waals surface area contributed by atoms with Gasteiger partial charge in [-0.15, -0.1) is 0 Å². The maximum Gasteiger partial charge on any atom is 0.224 e. The van der Waals surface area contributed by atoms with Crippen molar-refractivity contribution in [3.05, 3.63) is 0 Å². The largest absolute Gasteiger partial charge is 0.356 e. The van der Waals surface area contributed by atoms with Crippen LogP contribution < -0.4 is 11.1 Å². The second-order valence-electron chi connectivity index (χ2n) is 5.22. The van der Waals surface area contributed by atoms with Crippen LogP contribution in [-0.2, 0) is 9.59 Å². The lowest BCUT2D eigenvalue weighted by molar-refractivity contribution is -0.135. The lowest BCUT2D eigenvalue weighted by Crippen LogP contribution is -2.45. The van der Waals surface area contributed by atoms with E-state index in [1.165, 1.54) is 0 Å². The molecule has 1 unspecified atom stereocenters. The van der Waals surface area contributed by atoms with Crippen LogP contribution in [0.3, 0.4) is 0 Å². The molecule has 1 atom stereocenters. The summed E-state index contributed by atoms with van der Waals surface area (Å²) >= 11 is 0. The quantitative estimate of drug-likeness (QED) is 0.674. The van der Waals surface area contributed by atoms with Gasteiger partial charge in [0, 0.05) is 26.1 Å². The van der Waals surface area contributed by atoms with E-state index < -0.39 is 0 Å². The molecule has 1 rings (SSSR count). The Hall–Kier alpha value is -1.10. The van der Waals surface area contributed by atoms with Gasteiger partial charge in [-0.25, -0.2) is 0 Å². The molecule has 0 bridgehead atoms. The molecule has 3 N–H and O–H groups in total. The second-order valence-corrected chi connectivity index (χ2v) is 5.22. The fraction of sp³-hybridized carbons (Fsp3) is 0.857. The van der Waals surface area contributed by atoms with Crippen LogP contribution in [0, 0.1) is 5.92 Å². The molecule has 0 aromatic rings. The molecule has 0 spiro atoms. The molecule has 0 radical (unpaired) electrons. The van der Waals surface area contributed by atoms with Crippen molar-refractivity contribution in [1.29, 1.82) is 0 Å². The zero-order valence-electron chi connectivity index (χ0n) is 12.0. The fourth-order valence-electron chi connectivity index (χ4n) is 2.41. The molecule has 2 amide bonds. The van der Waals surface area contributed by atoms with E-state index in [0.29, 0.717) is 26.1 Å². The zero-order chi connectivity index (χ0) is 14.1. The Bertz CT molecular complexity index is 294. The predicted molar refractivity (Wildman–Crippen MR) is 75.5 cm³/mol. The van der Waals surface area contributed by atoms with E-state index in [1.807, 2.05) is 11.8 Å². The average molecular weight is 269 g/mol. The lowest BCUT2D eigenvalue weighted by atomic mass is 9.96. The van der Waals surface area contributed by atoms with Gasteiger partial charge < -0.3 is 16.0 Å². The summed E-state index contributed by atoms with van der Waals surface area (Å²) in [5, 5.41) is 2.95. The van der Waals surface area contributed by atoms with Gasteiger partial charge in [-0.05, 0) is 38.6 Å². The fourth-order valence-corrected chi connectivity index (χ4v) is 2.41. The standard InChI is InChI=1S/C14H27N3O2/c1-2-6-13(18)17-10-5-7-12(11-17)14(19)16-9-4-3-8-15/h12H,2-11,15H2,1H3,(H,16,19). The van der Waals surface area contributed by atoms with Crippen LogP contribution in [0.1, 0.15) is 45.4 Å². The Morgan fingerprint density at radius 3 is 2.84 bits per heavy atom. The van der Waals surface area contributed by atoms with E-state index in [-0.39, 0.29) is 17.7 Å². The van der Waals surface area contributed by atoms with Crippen LogP contribution in [0.4, 0.5) is 0 Å². The van der Waals surface area contributed by atoms with Crippen molar-refractivity contribution in [2.45, 2.75) is 45.4 Å². The van der Waals surface area contributed by atoms with Gasteiger partial charge in [-0.1, -0.05) is 6.92 Å². The van der Waals surface area contributed by atoms with Crippen molar-refractivity contribution in [2.24, 2.45) is 11.7 Å². The molecule has 1 heterocycles. The number of amides is 2. The highest BCUT2D eigenvalue weighted by atomic mass is 16.2. The number of likely N-dealkylation sites (tertiary alicyclic amines) is 1. The highest BCUT2D eigenvalue weighted by molar-refractivity contribution is 5.81. The number of carbonyl (C=O) groups is 2. The molecule has 1 saturated heterocycles. The summed E-state index contributed by atoms with van der Waals surface area (Å²) in [6.07, 6.45) is 5.13. The Labute approximate surface area is 115 Å². The number of piperidine rings is 1. The summed E-state index contributed by atoms with van der Waals surface area (Å²) in [6, 6.07) is 0. The summed E-state index contributed by atoms with van der Waals surface area (Å²) in [5.74, 6) is 0.238. The van der Waals surface area contributed by atoms with E-state index in [9.17, 15) is 9.59 Å². The van der Waals surface area contributed by atoms with Gasteiger partial charge in [0.05, 0.1) is 5.92 Å². The topological polar surface area (TPSA) is 75.4 Å². The first-order chi connectivity index (χ1) is 9.19. The summed E-state index contributed by atoms with van der Waals surface area (Å²) in [4.78, 5) is 25.7. The van der Waals surface area contributed by atoms with Gasteiger partial charge in [0.25, 0.3) is 0 Å². The third-order valence-corrected chi connectivity index (χ3v) is 3.54. The SMILES string of the molecule is CCCC(=O)N1CCCC(C(=O)NCCCCN)C1. The Morgan fingerprint density at radius 2 is 2.16 bits per heavy atom. The number of nitrogens with one attached hydrogen (secondary N) is 1. The molecular weight excluding hydrogens is 242 g/mol. The minimum atomic E-state index is -0.0348. The molecule has 1 aliphatic heterocycles. The van der Waals surface area contributed by atoms with Crippen LogP contribution in [0.2, 0.25) is 0 Å². The third-order valence-electron chi connectivity index (χ3n) is 3.54. The van der Waals surface area contributed by atoms with E-state index in [0.717, 1.165) is 38.6 Å². The summed E-state index contributed by atoms with van der Waals surface area (Å²) < 4.78 is 0.